The largest absolute Gasteiger partial charge is 0.516 e. The Morgan fingerprint density at radius 2 is 1.96 bits per heavy atom. The molecule has 0 aliphatic carbocycles. The van der Waals surface area contributed by atoms with Gasteiger partial charge in [0, 0.05) is 17.8 Å². The zero-order valence-corrected chi connectivity index (χ0v) is 15.9. The first-order valence-electron chi connectivity index (χ1n) is 8.15. The van der Waals surface area contributed by atoms with Crippen molar-refractivity contribution in [3.8, 4) is 5.69 Å². The Labute approximate surface area is 154 Å². The molecule has 0 radical (unpaired) electrons. The van der Waals surface area contributed by atoms with Gasteiger partial charge in [-0.05, 0) is 52.8 Å². The van der Waals surface area contributed by atoms with Crippen molar-refractivity contribution < 1.29 is 9.90 Å². The molecule has 0 fully saturated rings. The average Bonchev–Trinajstić information content (AvgIpc) is 2.97. The van der Waals surface area contributed by atoms with Gasteiger partial charge in [0.05, 0.1) is 35.4 Å². The standard InChI is InChI=1S/C17H23N5O.C2H4O/c1-12-10-22(11-18-12)15-8-6-14(19-13(15)2)7-9-16(23)20-21-17(3,4)5;1-2-3/h6-11,21H,1-5H3,(H,20,23);2-3H,1H2/b9-7+;. The minimum atomic E-state index is -0.214. The van der Waals surface area contributed by atoms with Crippen LogP contribution in [0.25, 0.3) is 11.8 Å². The molecule has 1 amide bonds. The molecule has 2 aromatic heterocycles. The number of hydrogen-bond acceptors (Lipinski definition) is 5. The Balaban J connectivity index is 0.00000105. The first kappa shape index (κ1) is 21.1. The van der Waals surface area contributed by atoms with E-state index in [1.165, 1.54) is 6.08 Å². The molecule has 26 heavy (non-hydrogen) atoms. The van der Waals surface area contributed by atoms with E-state index >= 15 is 0 Å². The number of hydrazine groups is 1. The highest BCUT2D eigenvalue weighted by Gasteiger charge is 2.09. The quantitative estimate of drug-likeness (QED) is 0.444. The highest BCUT2D eigenvalue weighted by molar-refractivity contribution is 5.91. The Bertz CT molecular complexity index is 772. The van der Waals surface area contributed by atoms with Crippen molar-refractivity contribution in [2.24, 2.45) is 0 Å². The molecule has 0 bridgehead atoms. The lowest BCUT2D eigenvalue weighted by atomic mass is 10.1. The zero-order chi connectivity index (χ0) is 19.7. The van der Waals surface area contributed by atoms with Gasteiger partial charge in [-0.2, -0.15) is 0 Å². The molecule has 2 heterocycles. The number of aromatic nitrogens is 3. The van der Waals surface area contributed by atoms with Crippen LogP contribution in [-0.2, 0) is 4.79 Å². The Hall–Kier alpha value is -2.93. The van der Waals surface area contributed by atoms with Crippen LogP contribution in [0.5, 0.6) is 0 Å². The van der Waals surface area contributed by atoms with Gasteiger partial charge in [-0.3, -0.25) is 15.2 Å². The number of aryl methyl sites for hydroxylation is 2. The SMILES string of the molecule is C=CO.Cc1cn(-c2ccc(/C=C/C(=O)NNC(C)(C)C)nc2C)cn1. The summed E-state index contributed by atoms with van der Waals surface area (Å²) in [5, 5.41) is 7.33. The van der Waals surface area contributed by atoms with Crippen LogP contribution in [0.1, 0.15) is 37.9 Å². The second kappa shape index (κ2) is 9.53. The van der Waals surface area contributed by atoms with E-state index in [4.69, 9.17) is 5.11 Å². The van der Waals surface area contributed by atoms with Crippen molar-refractivity contribution in [2.75, 3.05) is 0 Å². The molecule has 7 heteroatoms. The van der Waals surface area contributed by atoms with E-state index in [0.717, 1.165) is 29.0 Å². The average molecular weight is 357 g/mol. The van der Waals surface area contributed by atoms with Crippen molar-refractivity contribution in [2.45, 2.75) is 40.2 Å². The molecule has 0 aliphatic heterocycles. The number of carbonyl (C=O) groups excluding carboxylic acids is 1. The number of imidazole rings is 1. The highest BCUT2D eigenvalue weighted by atomic mass is 16.2. The van der Waals surface area contributed by atoms with E-state index in [0.29, 0.717) is 0 Å². The molecule has 0 atom stereocenters. The molecule has 2 aromatic rings. The van der Waals surface area contributed by atoms with Crippen LogP contribution in [0.2, 0.25) is 0 Å². The highest BCUT2D eigenvalue weighted by Crippen LogP contribution is 2.14. The summed E-state index contributed by atoms with van der Waals surface area (Å²) in [6.07, 6.45) is 7.61. The minimum absolute atomic E-state index is 0.178. The van der Waals surface area contributed by atoms with Gasteiger partial charge in [0.1, 0.15) is 0 Å². The van der Waals surface area contributed by atoms with Gasteiger partial charge >= 0.3 is 0 Å². The van der Waals surface area contributed by atoms with E-state index in [1.807, 2.05) is 57.5 Å². The van der Waals surface area contributed by atoms with Gasteiger partial charge in [-0.25, -0.2) is 10.4 Å². The second-order valence-corrected chi connectivity index (χ2v) is 6.64. The molecule has 0 saturated heterocycles. The Kier molecular flexibility index (Phi) is 7.74. The first-order chi connectivity index (χ1) is 12.2. The van der Waals surface area contributed by atoms with Gasteiger partial charge in [-0.15, -0.1) is 0 Å². The predicted octanol–water partition coefficient (Wildman–Crippen LogP) is 3.00. The summed E-state index contributed by atoms with van der Waals surface area (Å²) in [7, 11) is 0. The fourth-order valence-corrected chi connectivity index (χ4v) is 1.94. The van der Waals surface area contributed by atoms with Gasteiger partial charge in [0.2, 0.25) is 0 Å². The zero-order valence-electron chi connectivity index (χ0n) is 15.9. The van der Waals surface area contributed by atoms with Crippen LogP contribution >= 0.6 is 0 Å². The molecular formula is C19H27N5O2. The summed E-state index contributed by atoms with van der Waals surface area (Å²) >= 11 is 0. The smallest absolute Gasteiger partial charge is 0.258 e. The maximum absolute atomic E-state index is 11.7. The number of rotatable bonds is 4. The Morgan fingerprint density at radius 3 is 2.46 bits per heavy atom. The van der Waals surface area contributed by atoms with Crippen molar-refractivity contribution in [3.05, 3.63) is 60.7 Å². The molecule has 2 rings (SSSR count). The monoisotopic (exact) mass is 357 g/mol. The molecule has 7 nitrogen and oxygen atoms in total. The van der Waals surface area contributed by atoms with Crippen LogP contribution in [0.15, 0.2) is 43.6 Å². The van der Waals surface area contributed by atoms with E-state index in [9.17, 15) is 4.79 Å². The number of pyridine rings is 1. The number of nitrogens with one attached hydrogen (secondary N) is 2. The van der Waals surface area contributed by atoms with E-state index in [-0.39, 0.29) is 11.4 Å². The van der Waals surface area contributed by atoms with Gasteiger partial charge in [0.25, 0.3) is 5.91 Å². The third-order valence-electron chi connectivity index (χ3n) is 3.04. The molecule has 0 spiro atoms. The van der Waals surface area contributed by atoms with Crippen molar-refractivity contribution in [1.82, 2.24) is 25.4 Å². The number of aliphatic hydroxyl groups is 1. The predicted molar refractivity (Wildman–Crippen MR) is 104 cm³/mol. The summed E-state index contributed by atoms with van der Waals surface area (Å²) in [6, 6.07) is 3.84. The van der Waals surface area contributed by atoms with Gasteiger partial charge in [-0.1, -0.05) is 6.58 Å². The lowest BCUT2D eigenvalue weighted by molar-refractivity contribution is -0.117. The molecule has 3 N–H and O–H groups in total. The summed E-state index contributed by atoms with van der Waals surface area (Å²) in [5.41, 5.74) is 8.91. The van der Waals surface area contributed by atoms with Gasteiger partial charge in [0.15, 0.2) is 0 Å². The van der Waals surface area contributed by atoms with Gasteiger partial charge < -0.3 is 9.67 Å². The molecule has 0 aromatic carbocycles. The first-order valence-corrected chi connectivity index (χ1v) is 8.15. The molecule has 0 aliphatic rings. The van der Waals surface area contributed by atoms with E-state index in [1.54, 1.807) is 12.4 Å². The maximum atomic E-state index is 11.7. The van der Waals surface area contributed by atoms with E-state index < -0.39 is 0 Å². The maximum Gasteiger partial charge on any atom is 0.258 e. The lowest BCUT2D eigenvalue weighted by Gasteiger charge is -2.20. The van der Waals surface area contributed by atoms with Crippen LogP contribution in [0.4, 0.5) is 0 Å². The topological polar surface area (TPSA) is 92.1 Å². The fraction of sp³-hybridized carbons (Fsp3) is 0.316. The van der Waals surface area contributed by atoms with Crippen molar-refractivity contribution in [1.29, 1.82) is 0 Å². The third-order valence-corrected chi connectivity index (χ3v) is 3.04. The summed E-state index contributed by atoms with van der Waals surface area (Å²) in [5.74, 6) is -0.214. The number of aliphatic hydroxyl groups excluding tert-OH is 1. The number of hydrogen-bond donors (Lipinski definition) is 3. The third kappa shape index (κ3) is 7.31. The molecule has 0 saturated carbocycles. The van der Waals surface area contributed by atoms with E-state index in [2.05, 4.69) is 27.4 Å². The summed E-state index contributed by atoms with van der Waals surface area (Å²) in [4.78, 5) is 20.5. The molecule has 140 valence electrons. The van der Waals surface area contributed by atoms with Crippen molar-refractivity contribution in [3.63, 3.8) is 0 Å². The summed E-state index contributed by atoms with van der Waals surface area (Å²) in [6.45, 7) is 12.7. The molecule has 0 unspecified atom stereocenters. The fourth-order valence-electron chi connectivity index (χ4n) is 1.94. The van der Waals surface area contributed by atoms with Crippen LogP contribution in [0, 0.1) is 13.8 Å². The summed E-state index contributed by atoms with van der Waals surface area (Å²) < 4.78 is 1.94. The number of amides is 1. The normalized spacial score (nSPS) is 11.0. The van der Waals surface area contributed by atoms with Crippen LogP contribution in [0.3, 0.4) is 0 Å². The van der Waals surface area contributed by atoms with Crippen molar-refractivity contribution >= 4 is 12.0 Å². The Morgan fingerprint density at radius 1 is 1.31 bits per heavy atom. The van der Waals surface area contributed by atoms with Crippen LogP contribution < -0.4 is 10.9 Å². The second-order valence-electron chi connectivity index (χ2n) is 6.64. The number of carbonyl (C=O) groups is 1. The lowest BCUT2D eigenvalue weighted by Crippen LogP contribution is -2.48. The molecular weight excluding hydrogens is 330 g/mol. The van der Waals surface area contributed by atoms with Crippen LogP contribution in [-0.4, -0.2) is 31.1 Å². The number of nitrogens with zero attached hydrogens (tertiary/aromatic N) is 3. The minimum Gasteiger partial charge on any atom is -0.516 e.